The number of hydrogen-bond acceptors (Lipinski definition) is 3. The van der Waals surface area contributed by atoms with Gasteiger partial charge in [0.25, 0.3) is 0 Å². The minimum atomic E-state index is -4.32. The molecular weight excluding hydrogens is 287 g/mol. The first-order valence-electron chi connectivity index (χ1n) is 6.51. The molecule has 0 spiro atoms. The van der Waals surface area contributed by atoms with Crippen LogP contribution >= 0.6 is 11.8 Å². The lowest BCUT2D eigenvalue weighted by Gasteiger charge is -2.14. The Bertz CT molecular complexity index is 410. The summed E-state index contributed by atoms with van der Waals surface area (Å²) in [5, 5.41) is 3.11. The van der Waals surface area contributed by atoms with Gasteiger partial charge >= 0.3 is 6.18 Å². The molecule has 0 bridgehead atoms. The van der Waals surface area contributed by atoms with Crippen molar-refractivity contribution in [2.45, 2.75) is 31.0 Å². The molecule has 0 unspecified atom stereocenters. The van der Waals surface area contributed by atoms with E-state index < -0.39 is 11.7 Å². The summed E-state index contributed by atoms with van der Waals surface area (Å²) in [6.07, 6.45) is -3.37. The maximum Gasteiger partial charge on any atom is 0.417 e. The van der Waals surface area contributed by atoms with Gasteiger partial charge in [-0.15, -0.1) is 11.8 Å². The van der Waals surface area contributed by atoms with Crippen LogP contribution in [0, 0.1) is 0 Å². The molecule has 0 atom stereocenters. The van der Waals surface area contributed by atoms with Gasteiger partial charge in [-0.3, -0.25) is 0 Å². The Morgan fingerprint density at radius 1 is 1.30 bits per heavy atom. The van der Waals surface area contributed by atoms with E-state index in [1.165, 1.54) is 24.9 Å². The number of nitrogens with one attached hydrogen (secondary N) is 1. The second-order valence-corrected chi connectivity index (χ2v) is 5.48. The van der Waals surface area contributed by atoms with Crippen molar-refractivity contribution in [1.82, 2.24) is 5.32 Å². The fourth-order valence-electron chi connectivity index (χ4n) is 1.68. The summed E-state index contributed by atoms with van der Waals surface area (Å²) in [7, 11) is 1.54. The van der Waals surface area contributed by atoms with Gasteiger partial charge in [0.1, 0.15) is 0 Å². The van der Waals surface area contributed by atoms with E-state index in [4.69, 9.17) is 4.74 Å². The quantitative estimate of drug-likeness (QED) is 0.580. The summed E-state index contributed by atoms with van der Waals surface area (Å²) >= 11 is 1.17. The zero-order valence-corrected chi connectivity index (χ0v) is 12.5. The van der Waals surface area contributed by atoms with E-state index in [0.717, 1.165) is 13.0 Å². The maximum absolute atomic E-state index is 13.1. The number of hydrogen-bond donors (Lipinski definition) is 1. The third-order valence-corrected chi connectivity index (χ3v) is 3.69. The van der Waals surface area contributed by atoms with Crippen LogP contribution in [0.25, 0.3) is 0 Å². The Morgan fingerprint density at radius 2 is 2.05 bits per heavy atom. The SMILES string of the molecule is CCCNCc1ccc(SCCOC)c(C(F)(F)F)c1. The molecule has 1 aromatic carbocycles. The number of methoxy groups -OCH3 is 1. The van der Waals surface area contributed by atoms with Crippen LogP contribution in [0.4, 0.5) is 13.2 Å². The second kappa shape index (κ2) is 8.54. The summed E-state index contributed by atoms with van der Waals surface area (Å²) in [6.45, 7) is 3.71. The summed E-state index contributed by atoms with van der Waals surface area (Å²) in [5.41, 5.74) is 0.0938. The van der Waals surface area contributed by atoms with Crippen molar-refractivity contribution < 1.29 is 17.9 Å². The predicted molar refractivity (Wildman–Crippen MR) is 76.0 cm³/mol. The Kier molecular flexibility index (Phi) is 7.40. The number of benzene rings is 1. The average Bonchev–Trinajstić information content (AvgIpc) is 2.39. The van der Waals surface area contributed by atoms with Crippen molar-refractivity contribution in [2.75, 3.05) is 26.0 Å². The Balaban J connectivity index is 2.83. The molecule has 6 heteroatoms. The van der Waals surface area contributed by atoms with Gasteiger partial charge in [-0.25, -0.2) is 0 Å². The van der Waals surface area contributed by atoms with Crippen LogP contribution in [0.2, 0.25) is 0 Å². The lowest BCUT2D eigenvalue weighted by atomic mass is 10.1. The molecule has 0 radical (unpaired) electrons. The monoisotopic (exact) mass is 307 g/mol. The zero-order chi connectivity index (χ0) is 15.0. The second-order valence-electron chi connectivity index (χ2n) is 4.35. The van der Waals surface area contributed by atoms with Gasteiger partial charge in [0, 0.05) is 24.3 Å². The summed E-state index contributed by atoms with van der Waals surface area (Å²) in [4.78, 5) is 0.258. The van der Waals surface area contributed by atoms with E-state index in [9.17, 15) is 13.2 Å². The average molecular weight is 307 g/mol. The zero-order valence-electron chi connectivity index (χ0n) is 11.7. The molecule has 0 heterocycles. The van der Waals surface area contributed by atoms with E-state index in [2.05, 4.69) is 5.32 Å². The molecule has 0 amide bonds. The van der Waals surface area contributed by atoms with E-state index in [1.807, 2.05) is 6.92 Å². The highest BCUT2D eigenvalue weighted by atomic mass is 32.2. The fourth-order valence-corrected chi connectivity index (χ4v) is 2.64. The normalized spacial score (nSPS) is 11.8. The van der Waals surface area contributed by atoms with Gasteiger partial charge in [-0.1, -0.05) is 13.0 Å². The standard InChI is InChI=1S/C14H20F3NOS/c1-3-6-18-10-11-4-5-13(20-8-7-19-2)12(9-11)14(15,16)17/h4-5,9,18H,3,6-8,10H2,1-2H3. The number of thioether (sulfide) groups is 1. The number of alkyl halides is 3. The van der Waals surface area contributed by atoms with Gasteiger partial charge in [0.2, 0.25) is 0 Å². The highest BCUT2D eigenvalue weighted by Crippen LogP contribution is 2.37. The molecule has 0 aliphatic carbocycles. The van der Waals surface area contributed by atoms with Gasteiger partial charge in [0.05, 0.1) is 12.2 Å². The minimum Gasteiger partial charge on any atom is -0.384 e. The van der Waals surface area contributed by atoms with E-state index in [0.29, 0.717) is 24.5 Å². The van der Waals surface area contributed by atoms with Crippen LogP contribution in [0.15, 0.2) is 23.1 Å². The molecule has 0 aliphatic heterocycles. The first-order valence-corrected chi connectivity index (χ1v) is 7.50. The molecular formula is C14H20F3NOS. The summed E-state index contributed by atoms with van der Waals surface area (Å²) < 4.78 is 44.0. The Hall–Kier alpha value is -0.720. The van der Waals surface area contributed by atoms with Crippen LogP contribution in [0.3, 0.4) is 0 Å². The molecule has 0 saturated carbocycles. The van der Waals surface area contributed by atoms with Crippen molar-refractivity contribution in [1.29, 1.82) is 0 Å². The molecule has 1 aromatic rings. The Labute approximate surface area is 122 Å². The topological polar surface area (TPSA) is 21.3 Å². The molecule has 0 fully saturated rings. The lowest BCUT2D eigenvalue weighted by molar-refractivity contribution is -0.139. The number of halogens is 3. The first kappa shape index (κ1) is 17.3. The molecule has 0 saturated heterocycles. The molecule has 0 aliphatic rings. The smallest absolute Gasteiger partial charge is 0.384 e. The van der Waals surface area contributed by atoms with Crippen molar-refractivity contribution in [3.63, 3.8) is 0 Å². The van der Waals surface area contributed by atoms with Gasteiger partial charge in [0.15, 0.2) is 0 Å². The fraction of sp³-hybridized carbons (Fsp3) is 0.571. The highest BCUT2D eigenvalue weighted by molar-refractivity contribution is 7.99. The molecule has 114 valence electrons. The van der Waals surface area contributed by atoms with Crippen LogP contribution < -0.4 is 5.32 Å². The van der Waals surface area contributed by atoms with Crippen molar-refractivity contribution >= 4 is 11.8 Å². The van der Waals surface area contributed by atoms with Crippen LogP contribution in [0.1, 0.15) is 24.5 Å². The third-order valence-electron chi connectivity index (χ3n) is 2.65. The minimum absolute atomic E-state index is 0.258. The van der Waals surface area contributed by atoms with Crippen LogP contribution in [-0.2, 0) is 17.5 Å². The van der Waals surface area contributed by atoms with E-state index in [1.54, 1.807) is 12.1 Å². The van der Waals surface area contributed by atoms with Gasteiger partial charge in [-0.2, -0.15) is 13.2 Å². The third kappa shape index (κ3) is 5.73. The molecule has 1 rings (SSSR count). The largest absolute Gasteiger partial charge is 0.417 e. The van der Waals surface area contributed by atoms with Crippen molar-refractivity contribution in [3.8, 4) is 0 Å². The van der Waals surface area contributed by atoms with E-state index in [-0.39, 0.29) is 4.90 Å². The predicted octanol–water partition coefficient (Wildman–Crippen LogP) is 3.94. The highest BCUT2D eigenvalue weighted by Gasteiger charge is 2.33. The maximum atomic E-state index is 13.1. The van der Waals surface area contributed by atoms with Crippen LogP contribution in [0.5, 0.6) is 0 Å². The van der Waals surface area contributed by atoms with Crippen LogP contribution in [-0.4, -0.2) is 26.0 Å². The summed E-state index contributed by atoms with van der Waals surface area (Å²) in [5.74, 6) is 0.507. The van der Waals surface area contributed by atoms with E-state index >= 15 is 0 Å². The van der Waals surface area contributed by atoms with Crippen molar-refractivity contribution in [2.24, 2.45) is 0 Å². The summed E-state index contributed by atoms with van der Waals surface area (Å²) in [6, 6.07) is 4.52. The number of ether oxygens (including phenoxy) is 1. The Morgan fingerprint density at radius 3 is 2.65 bits per heavy atom. The number of rotatable bonds is 8. The molecule has 2 nitrogen and oxygen atoms in total. The van der Waals surface area contributed by atoms with Crippen molar-refractivity contribution in [3.05, 3.63) is 29.3 Å². The van der Waals surface area contributed by atoms with Gasteiger partial charge in [-0.05, 0) is 30.7 Å². The molecule has 0 aromatic heterocycles. The lowest BCUT2D eigenvalue weighted by Crippen LogP contribution is -2.15. The molecule has 20 heavy (non-hydrogen) atoms. The first-order chi connectivity index (χ1) is 9.49. The molecule has 1 N–H and O–H groups in total. The van der Waals surface area contributed by atoms with Gasteiger partial charge < -0.3 is 10.1 Å².